The Morgan fingerprint density at radius 3 is 2.41 bits per heavy atom. The first kappa shape index (κ1) is 15.6. The van der Waals surface area contributed by atoms with Gasteiger partial charge in [0.1, 0.15) is 0 Å². The van der Waals surface area contributed by atoms with Crippen LogP contribution >= 0.6 is 0 Å². The summed E-state index contributed by atoms with van der Waals surface area (Å²) in [6.45, 7) is 2.27. The molecule has 0 aliphatic rings. The van der Waals surface area contributed by atoms with Crippen molar-refractivity contribution in [2.75, 3.05) is 6.61 Å². The molecule has 116 valence electrons. The van der Waals surface area contributed by atoms with Crippen LogP contribution in [0.1, 0.15) is 30.3 Å². The van der Waals surface area contributed by atoms with Gasteiger partial charge in [-0.2, -0.15) is 0 Å². The van der Waals surface area contributed by atoms with E-state index in [0.29, 0.717) is 0 Å². The van der Waals surface area contributed by atoms with Crippen molar-refractivity contribution in [3.05, 3.63) is 48.4 Å². The summed E-state index contributed by atoms with van der Waals surface area (Å²) in [6, 6.07) is 9.37. The summed E-state index contributed by atoms with van der Waals surface area (Å²) in [4.78, 5) is 23.4. The zero-order valence-electron chi connectivity index (χ0n) is 12.1. The third kappa shape index (κ3) is 4.37. The number of esters is 1. The number of hydrogen-bond donors (Lipinski definition) is 0. The number of benzene rings is 1. The predicted octanol–water partition coefficient (Wildman–Crippen LogP) is 3.81. The normalized spacial score (nSPS) is 10.0. The van der Waals surface area contributed by atoms with E-state index in [2.05, 4.69) is 0 Å². The molecular weight excluding hydrogens is 288 g/mol. The second kappa shape index (κ2) is 7.87. The topological polar surface area (TPSA) is 75.0 Å². The van der Waals surface area contributed by atoms with Crippen LogP contribution in [0.25, 0.3) is 0 Å². The maximum atomic E-state index is 11.8. The number of para-hydroxylation sites is 2. The molecule has 6 nitrogen and oxygen atoms in total. The molecule has 0 atom stereocenters. The van der Waals surface area contributed by atoms with E-state index in [-0.39, 0.29) is 23.9 Å². The number of carbonyl (C=O) groups is 2. The quantitative estimate of drug-likeness (QED) is 0.349. The average molecular weight is 304 g/mol. The van der Waals surface area contributed by atoms with Crippen LogP contribution in [0.15, 0.2) is 47.1 Å². The summed E-state index contributed by atoms with van der Waals surface area (Å²) in [5, 5.41) is 0. The van der Waals surface area contributed by atoms with Crippen LogP contribution in [-0.2, 0) is 4.74 Å². The van der Waals surface area contributed by atoms with E-state index in [4.69, 9.17) is 18.6 Å². The van der Waals surface area contributed by atoms with Crippen LogP contribution in [0, 0.1) is 0 Å². The van der Waals surface area contributed by atoms with Crippen molar-refractivity contribution in [3.63, 3.8) is 0 Å². The van der Waals surface area contributed by atoms with Crippen molar-refractivity contribution in [1.82, 2.24) is 0 Å². The van der Waals surface area contributed by atoms with Crippen molar-refractivity contribution in [3.8, 4) is 11.5 Å². The SMILES string of the molecule is CCCCOC(=O)Oc1ccccc1OC(=O)c1ccco1. The van der Waals surface area contributed by atoms with Crippen LogP contribution < -0.4 is 9.47 Å². The molecule has 2 rings (SSSR count). The molecule has 0 aliphatic carbocycles. The van der Waals surface area contributed by atoms with Gasteiger partial charge in [-0.3, -0.25) is 0 Å². The van der Waals surface area contributed by atoms with Crippen LogP contribution in [0.2, 0.25) is 0 Å². The second-order valence-electron chi connectivity index (χ2n) is 4.37. The summed E-state index contributed by atoms with van der Waals surface area (Å²) < 4.78 is 20.0. The molecule has 0 saturated heterocycles. The fourth-order valence-corrected chi connectivity index (χ4v) is 1.58. The van der Waals surface area contributed by atoms with E-state index >= 15 is 0 Å². The van der Waals surface area contributed by atoms with Gasteiger partial charge in [0.2, 0.25) is 5.76 Å². The number of furan rings is 1. The first-order valence-corrected chi connectivity index (χ1v) is 6.90. The van der Waals surface area contributed by atoms with Gasteiger partial charge in [0.15, 0.2) is 11.5 Å². The van der Waals surface area contributed by atoms with E-state index in [1.54, 1.807) is 18.2 Å². The van der Waals surface area contributed by atoms with Crippen LogP contribution in [0.3, 0.4) is 0 Å². The Bertz CT molecular complexity index is 617. The number of carbonyl (C=O) groups excluding carboxylic acids is 2. The molecule has 0 spiro atoms. The minimum absolute atomic E-state index is 0.0559. The van der Waals surface area contributed by atoms with Crippen molar-refractivity contribution in [2.45, 2.75) is 19.8 Å². The lowest BCUT2D eigenvalue weighted by molar-refractivity contribution is 0.0684. The van der Waals surface area contributed by atoms with Gasteiger partial charge < -0.3 is 18.6 Å². The Morgan fingerprint density at radius 2 is 1.77 bits per heavy atom. The smallest absolute Gasteiger partial charge is 0.457 e. The summed E-state index contributed by atoms with van der Waals surface area (Å²) in [7, 11) is 0. The third-order valence-corrected chi connectivity index (χ3v) is 2.69. The number of ether oxygens (including phenoxy) is 3. The average Bonchev–Trinajstić information content (AvgIpc) is 3.04. The molecule has 1 aromatic heterocycles. The van der Waals surface area contributed by atoms with Gasteiger partial charge >= 0.3 is 12.1 Å². The summed E-state index contributed by atoms with van der Waals surface area (Å²) in [5.74, 6) is -0.416. The molecule has 0 N–H and O–H groups in total. The molecule has 22 heavy (non-hydrogen) atoms. The van der Waals surface area contributed by atoms with Crippen LogP contribution in [0.4, 0.5) is 4.79 Å². The highest BCUT2D eigenvalue weighted by Gasteiger charge is 2.16. The van der Waals surface area contributed by atoms with Gasteiger partial charge in [-0.15, -0.1) is 0 Å². The maximum absolute atomic E-state index is 11.8. The van der Waals surface area contributed by atoms with Gasteiger partial charge in [0.05, 0.1) is 12.9 Å². The molecule has 1 heterocycles. The standard InChI is InChI=1S/C16H16O6/c1-2-3-10-20-16(18)22-13-8-5-4-7-12(13)21-15(17)14-9-6-11-19-14/h4-9,11H,2-3,10H2,1H3. The molecule has 6 heteroatoms. The molecule has 1 aromatic carbocycles. The molecule has 0 radical (unpaired) electrons. The van der Waals surface area contributed by atoms with Gasteiger partial charge in [0, 0.05) is 0 Å². The second-order valence-corrected chi connectivity index (χ2v) is 4.37. The van der Waals surface area contributed by atoms with E-state index in [0.717, 1.165) is 12.8 Å². The monoisotopic (exact) mass is 304 g/mol. The number of hydrogen-bond acceptors (Lipinski definition) is 6. The van der Waals surface area contributed by atoms with E-state index in [9.17, 15) is 9.59 Å². The first-order valence-electron chi connectivity index (χ1n) is 6.90. The molecule has 0 aliphatic heterocycles. The largest absolute Gasteiger partial charge is 0.513 e. The molecule has 0 bridgehead atoms. The number of rotatable bonds is 6. The van der Waals surface area contributed by atoms with E-state index in [1.165, 1.54) is 24.5 Å². The lowest BCUT2D eigenvalue weighted by atomic mass is 10.3. The van der Waals surface area contributed by atoms with Crippen molar-refractivity contribution >= 4 is 12.1 Å². The van der Waals surface area contributed by atoms with Crippen LogP contribution in [-0.4, -0.2) is 18.7 Å². The van der Waals surface area contributed by atoms with Crippen LogP contribution in [0.5, 0.6) is 11.5 Å². The Kier molecular flexibility index (Phi) is 5.59. The third-order valence-electron chi connectivity index (χ3n) is 2.69. The van der Waals surface area contributed by atoms with Gasteiger partial charge in [-0.25, -0.2) is 9.59 Å². The first-order chi connectivity index (χ1) is 10.7. The molecule has 2 aromatic rings. The van der Waals surface area contributed by atoms with Gasteiger partial charge in [0.25, 0.3) is 0 Å². The Balaban J connectivity index is 2.00. The predicted molar refractivity (Wildman–Crippen MR) is 77.0 cm³/mol. The Morgan fingerprint density at radius 1 is 1.05 bits per heavy atom. The highest BCUT2D eigenvalue weighted by Crippen LogP contribution is 2.27. The molecule has 0 unspecified atom stereocenters. The maximum Gasteiger partial charge on any atom is 0.513 e. The van der Waals surface area contributed by atoms with Crippen molar-refractivity contribution in [1.29, 1.82) is 0 Å². The Hall–Kier alpha value is -2.76. The van der Waals surface area contributed by atoms with Crippen molar-refractivity contribution < 1.29 is 28.2 Å². The fourth-order valence-electron chi connectivity index (χ4n) is 1.58. The fraction of sp³-hybridized carbons (Fsp3) is 0.250. The molecule has 0 fully saturated rings. The molecule has 0 amide bonds. The summed E-state index contributed by atoms with van der Waals surface area (Å²) in [6.07, 6.45) is 2.19. The van der Waals surface area contributed by atoms with Gasteiger partial charge in [-0.05, 0) is 30.7 Å². The molecule has 0 saturated carbocycles. The van der Waals surface area contributed by atoms with Crippen molar-refractivity contribution in [2.24, 2.45) is 0 Å². The lowest BCUT2D eigenvalue weighted by Crippen LogP contribution is -2.13. The zero-order chi connectivity index (χ0) is 15.8. The van der Waals surface area contributed by atoms with Gasteiger partial charge in [-0.1, -0.05) is 25.5 Å². The zero-order valence-corrected chi connectivity index (χ0v) is 12.1. The Labute approximate surface area is 127 Å². The molecular formula is C16H16O6. The number of unbranched alkanes of at least 4 members (excludes halogenated alkanes) is 1. The summed E-state index contributed by atoms with van der Waals surface area (Å²) in [5.41, 5.74) is 0. The van der Waals surface area contributed by atoms with E-state index < -0.39 is 12.1 Å². The van der Waals surface area contributed by atoms with E-state index in [1.807, 2.05) is 6.92 Å². The highest BCUT2D eigenvalue weighted by molar-refractivity contribution is 5.88. The summed E-state index contributed by atoms with van der Waals surface area (Å²) >= 11 is 0. The minimum Gasteiger partial charge on any atom is -0.457 e. The minimum atomic E-state index is -0.838. The lowest BCUT2D eigenvalue weighted by Gasteiger charge is -2.09. The highest BCUT2D eigenvalue weighted by atomic mass is 16.7.